The summed E-state index contributed by atoms with van der Waals surface area (Å²) in [5.74, 6) is 1.55. The number of amides is 1. The monoisotopic (exact) mass is 493 g/mol. The largest absolute Gasteiger partial charge is 0.497 e. The summed E-state index contributed by atoms with van der Waals surface area (Å²) >= 11 is 2.66. The molecule has 1 aliphatic heterocycles. The third kappa shape index (κ3) is 4.41. The van der Waals surface area contributed by atoms with Crippen LogP contribution in [-0.4, -0.2) is 41.5 Å². The van der Waals surface area contributed by atoms with Crippen LogP contribution in [0, 0.1) is 6.92 Å². The zero-order valence-electron chi connectivity index (χ0n) is 18.8. The average molecular weight is 494 g/mol. The van der Waals surface area contributed by atoms with Gasteiger partial charge in [-0.25, -0.2) is 4.98 Å². The third-order valence-electron chi connectivity index (χ3n) is 5.61. The molecule has 0 saturated heterocycles. The number of benzene rings is 2. The predicted octanol–water partition coefficient (Wildman–Crippen LogP) is 4.34. The number of nitrogens with zero attached hydrogens (tertiary/aromatic N) is 3. The van der Waals surface area contributed by atoms with Gasteiger partial charge in [0.05, 0.1) is 37.2 Å². The molecule has 174 valence electrons. The number of aromatic nitrogens is 2. The summed E-state index contributed by atoms with van der Waals surface area (Å²) in [5.41, 5.74) is 3.31. The van der Waals surface area contributed by atoms with Gasteiger partial charge in [0.15, 0.2) is 5.16 Å². The van der Waals surface area contributed by atoms with Gasteiger partial charge >= 0.3 is 0 Å². The van der Waals surface area contributed by atoms with Crippen LogP contribution in [0.25, 0.3) is 10.2 Å². The molecular weight excluding hydrogens is 470 g/mol. The Bertz CT molecular complexity index is 1430. The van der Waals surface area contributed by atoms with Crippen LogP contribution in [0.15, 0.2) is 63.9 Å². The summed E-state index contributed by atoms with van der Waals surface area (Å²) in [6, 6.07) is 15.3. The van der Waals surface area contributed by atoms with Crippen molar-refractivity contribution in [3.05, 3.63) is 75.4 Å². The molecule has 0 atom stereocenters. The Hall–Kier alpha value is -3.30. The van der Waals surface area contributed by atoms with Crippen LogP contribution in [0.1, 0.15) is 11.1 Å². The van der Waals surface area contributed by atoms with Crippen molar-refractivity contribution in [2.24, 2.45) is 0 Å². The molecule has 34 heavy (non-hydrogen) atoms. The van der Waals surface area contributed by atoms with Gasteiger partial charge in [-0.2, -0.15) is 0 Å². The fourth-order valence-corrected chi connectivity index (χ4v) is 5.57. The molecule has 1 aliphatic rings. The lowest BCUT2D eigenvalue weighted by Gasteiger charge is -2.29. The maximum absolute atomic E-state index is 13.3. The standard InChI is InChI=1S/C25H23N3O4S2/c1-16-6-7-21-20(12-16)27(9-10-32-21)22(29)15-34-25-26-19-8-11-33-23(19)24(30)28(25)14-17-4-3-5-18(13-17)31-2/h3-8,11-13H,9-10,14-15H2,1-2H3. The van der Waals surface area contributed by atoms with Crippen LogP contribution < -0.4 is 19.9 Å². The topological polar surface area (TPSA) is 73.7 Å². The summed E-state index contributed by atoms with van der Waals surface area (Å²) in [5, 5.41) is 2.38. The highest BCUT2D eigenvalue weighted by atomic mass is 32.2. The number of ether oxygens (including phenoxy) is 2. The van der Waals surface area contributed by atoms with E-state index in [9.17, 15) is 9.59 Å². The molecule has 4 aromatic rings. The van der Waals surface area contributed by atoms with Gasteiger partial charge < -0.3 is 14.4 Å². The summed E-state index contributed by atoms with van der Waals surface area (Å²) in [6.45, 7) is 3.27. The summed E-state index contributed by atoms with van der Waals surface area (Å²) in [4.78, 5) is 33.0. The number of carbonyl (C=O) groups excluding carboxylic acids is 1. The minimum Gasteiger partial charge on any atom is -0.497 e. The first kappa shape index (κ1) is 22.5. The zero-order valence-corrected chi connectivity index (χ0v) is 20.4. The van der Waals surface area contributed by atoms with E-state index in [1.54, 1.807) is 16.6 Å². The zero-order chi connectivity index (χ0) is 23.7. The van der Waals surface area contributed by atoms with Crippen LogP contribution in [0.5, 0.6) is 11.5 Å². The van der Waals surface area contributed by atoms with Crippen molar-refractivity contribution in [1.29, 1.82) is 0 Å². The van der Waals surface area contributed by atoms with Crippen molar-refractivity contribution >= 4 is 44.9 Å². The van der Waals surface area contributed by atoms with E-state index in [4.69, 9.17) is 14.5 Å². The van der Waals surface area contributed by atoms with E-state index in [0.717, 1.165) is 22.6 Å². The van der Waals surface area contributed by atoms with E-state index in [1.165, 1.54) is 23.1 Å². The maximum atomic E-state index is 13.3. The molecule has 0 spiro atoms. The maximum Gasteiger partial charge on any atom is 0.272 e. The molecule has 0 saturated carbocycles. The van der Waals surface area contributed by atoms with Crippen LogP contribution in [0.4, 0.5) is 5.69 Å². The number of thiophene rings is 1. The number of aryl methyl sites for hydroxylation is 1. The third-order valence-corrected chi connectivity index (χ3v) is 7.46. The lowest BCUT2D eigenvalue weighted by Crippen LogP contribution is -2.39. The molecule has 1 amide bonds. The second-order valence-electron chi connectivity index (χ2n) is 7.93. The van der Waals surface area contributed by atoms with Gasteiger partial charge in [-0.15, -0.1) is 11.3 Å². The molecule has 2 aromatic carbocycles. The second-order valence-corrected chi connectivity index (χ2v) is 9.78. The van der Waals surface area contributed by atoms with E-state index >= 15 is 0 Å². The lowest BCUT2D eigenvalue weighted by atomic mass is 10.1. The summed E-state index contributed by atoms with van der Waals surface area (Å²) in [6.07, 6.45) is 0. The number of hydrogen-bond acceptors (Lipinski definition) is 7. The number of fused-ring (bicyclic) bond motifs is 2. The first-order valence-electron chi connectivity index (χ1n) is 10.8. The van der Waals surface area contributed by atoms with Crippen molar-refractivity contribution in [2.45, 2.75) is 18.6 Å². The molecule has 0 bridgehead atoms. The molecule has 0 N–H and O–H groups in total. The number of methoxy groups -OCH3 is 1. The molecule has 2 aromatic heterocycles. The van der Waals surface area contributed by atoms with E-state index < -0.39 is 0 Å². The van der Waals surface area contributed by atoms with Gasteiger partial charge in [0.1, 0.15) is 22.8 Å². The number of anilines is 1. The molecule has 0 radical (unpaired) electrons. The predicted molar refractivity (Wildman–Crippen MR) is 136 cm³/mol. The van der Waals surface area contributed by atoms with Gasteiger partial charge in [-0.1, -0.05) is 30.0 Å². The Balaban J connectivity index is 1.44. The molecule has 3 heterocycles. The van der Waals surface area contributed by atoms with Crippen LogP contribution in [0.2, 0.25) is 0 Å². The normalized spacial score (nSPS) is 12.9. The molecular formula is C25H23N3O4S2. The fraction of sp³-hybridized carbons (Fsp3) is 0.240. The highest BCUT2D eigenvalue weighted by molar-refractivity contribution is 7.99. The SMILES string of the molecule is COc1cccc(Cn2c(SCC(=O)N3CCOc4ccc(C)cc43)nc3ccsc3c2=O)c1. The highest BCUT2D eigenvalue weighted by Crippen LogP contribution is 2.33. The average Bonchev–Trinajstić information content (AvgIpc) is 3.33. The minimum absolute atomic E-state index is 0.0484. The van der Waals surface area contributed by atoms with Crippen LogP contribution in [-0.2, 0) is 11.3 Å². The smallest absolute Gasteiger partial charge is 0.272 e. The Morgan fingerprint density at radius 3 is 2.97 bits per heavy atom. The van der Waals surface area contributed by atoms with Crippen molar-refractivity contribution in [3.8, 4) is 11.5 Å². The van der Waals surface area contributed by atoms with Gasteiger partial charge in [-0.3, -0.25) is 14.2 Å². The Morgan fingerprint density at radius 1 is 1.24 bits per heavy atom. The Morgan fingerprint density at radius 2 is 2.12 bits per heavy atom. The van der Waals surface area contributed by atoms with Crippen molar-refractivity contribution in [1.82, 2.24) is 9.55 Å². The molecule has 0 aliphatic carbocycles. The number of thioether (sulfide) groups is 1. The number of rotatable bonds is 6. The van der Waals surface area contributed by atoms with Gasteiger partial charge in [-0.05, 0) is 53.8 Å². The quantitative estimate of drug-likeness (QED) is 0.294. The summed E-state index contributed by atoms with van der Waals surface area (Å²) < 4.78 is 13.3. The van der Waals surface area contributed by atoms with E-state index in [1.807, 2.05) is 60.8 Å². The van der Waals surface area contributed by atoms with Gasteiger partial charge in [0.2, 0.25) is 5.91 Å². The van der Waals surface area contributed by atoms with Crippen LogP contribution in [0.3, 0.4) is 0 Å². The highest BCUT2D eigenvalue weighted by Gasteiger charge is 2.24. The van der Waals surface area contributed by atoms with E-state index in [-0.39, 0.29) is 17.2 Å². The molecule has 9 heteroatoms. The van der Waals surface area contributed by atoms with Crippen molar-refractivity contribution in [3.63, 3.8) is 0 Å². The van der Waals surface area contributed by atoms with Gasteiger partial charge in [0, 0.05) is 0 Å². The molecule has 0 fully saturated rings. The first-order chi connectivity index (χ1) is 16.5. The molecule has 7 nitrogen and oxygen atoms in total. The molecule has 5 rings (SSSR count). The lowest BCUT2D eigenvalue weighted by molar-refractivity contribution is -0.116. The Labute approximate surface area is 204 Å². The fourth-order valence-electron chi connectivity index (χ4n) is 3.92. The van der Waals surface area contributed by atoms with E-state index in [2.05, 4.69) is 0 Å². The van der Waals surface area contributed by atoms with Gasteiger partial charge in [0.25, 0.3) is 5.56 Å². The second kappa shape index (κ2) is 9.52. The minimum atomic E-state index is -0.106. The molecule has 0 unspecified atom stereocenters. The summed E-state index contributed by atoms with van der Waals surface area (Å²) in [7, 11) is 1.61. The van der Waals surface area contributed by atoms with Crippen LogP contribution >= 0.6 is 23.1 Å². The van der Waals surface area contributed by atoms with E-state index in [0.29, 0.717) is 40.8 Å². The Kier molecular flexibility index (Phi) is 6.30. The van der Waals surface area contributed by atoms with Crippen molar-refractivity contribution < 1.29 is 14.3 Å². The number of hydrogen-bond donors (Lipinski definition) is 0. The first-order valence-corrected chi connectivity index (χ1v) is 12.7. The van der Waals surface area contributed by atoms with Crippen molar-refractivity contribution in [2.75, 3.05) is 30.9 Å². The number of carbonyl (C=O) groups is 1.